The van der Waals surface area contributed by atoms with Crippen molar-refractivity contribution in [3.05, 3.63) is 29.8 Å². The van der Waals surface area contributed by atoms with Crippen LogP contribution in [-0.4, -0.2) is 60.7 Å². The van der Waals surface area contributed by atoms with E-state index < -0.39 is 5.60 Å². The second-order valence-electron chi connectivity index (χ2n) is 6.94. The Morgan fingerprint density at radius 3 is 2.84 bits per heavy atom. The lowest BCUT2D eigenvalue weighted by atomic mass is 9.92. The van der Waals surface area contributed by atoms with Gasteiger partial charge in [-0.15, -0.1) is 0 Å². The monoisotopic (exact) mass is 346 g/mol. The highest BCUT2D eigenvalue weighted by Crippen LogP contribution is 2.32. The zero-order valence-corrected chi connectivity index (χ0v) is 15.0. The Morgan fingerprint density at radius 2 is 2.12 bits per heavy atom. The molecule has 2 amide bonds. The van der Waals surface area contributed by atoms with E-state index in [-0.39, 0.29) is 12.0 Å². The number of likely N-dealkylation sites (N-methyl/N-ethyl adjacent to an activating group) is 1. The van der Waals surface area contributed by atoms with Gasteiger partial charge in [-0.3, -0.25) is 4.79 Å². The summed E-state index contributed by atoms with van der Waals surface area (Å²) in [4.78, 5) is 28.2. The van der Waals surface area contributed by atoms with Gasteiger partial charge < -0.3 is 19.3 Å². The minimum atomic E-state index is -0.572. The van der Waals surface area contributed by atoms with E-state index in [0.29, 0.717) is 37.6 Å². The van der Waals surface area contributed by atoms with Gasteiger partial charge in [-0.2, -0.15) is 0 Å². The third-order valence-electron chi connectivity index (χ3n) is 4.84. The van der Waals surface area contributed by atoms with Gasteiger partial charge in [0, 0.05) is 13.6 Å². The summed E-state index contributed by atoms with van der Waals surface area (Å²) in [6.45, 7) is 4.35. The molecule has 1 spiro atoms. The largest absolute Gasteiger partial charge is 0.493 e. The maximum absolute atomic E-state index is 13.0. The molecule has 136 valence electrons. The molecule has 1 aromatic rings. The summed E-state index contributed by atoms with van der Waals surface area (Å²) in [5.41, 5.74) is 0.00549. The average molecular weight is 346 g/mol. The number of nitrogens with zero attached hydrogens (tertiary/aromatic N) is 2. The fourth-order valence-corrected chi connectivity index (χ4v) is 3.54. The second-order valence-corrected chi connectivity index (χ2v) is 6.94. The average Bonchev–Trinajstić information content (AvgIpc) is 2.88. The number of rotatable bonds is 5. The fourth-order valence-electron chi connectivity index (χ4n) is 3.54. The van der Waals surface area contributed by atoms with E-state index in [9.17, 15) is 9.59 Å². The molecule has 0 aromatic heterocycles. The Kier molecular flexibility index (Phi) is 5.16. The van der Waals surface area contributed by atoms with E-state index in [1.54, 1.807) is 22.9 Å². The molecule has 1 atom stereocenters. The van der Waals surface area contributed by atoms with Crippen LogP contribution < -0.4 is 4.74 Å². The molecule has 0 radical (unpaired) electrons. The summed E-state index contributed by atoms with van der Waals surface area (Å²) in [5, 5.41) is 0. The summed E-state index contributed by atoms with van der Waals surface area (Å²) >= 11 is 0. The molecule has 0 N–H and O–H groups in total. The standard InChI is InChI=1S/C19H26N2O4/c1-3-4-12-24-16-9-6-5-8-15(16)17(22)21-11-7-10-19(14-21)13-20(2)18(23)25-19/h5-6,8-9H,3-4,7,10-14H2,1-2H3. The SMILES string of the molecule is CCCCOc1ccccc1C(=O)N1CCCC2(CN(C)C(=O)O2)C1. The summed E-state index contributed by atoms with van der Waals surface area (Å²) < 4.78 is 11.4. The molecule has 3 rings (SSSR count). The van der Waals surface area contributed by atoms with E-state index in [0.717, 1.165) is 25.7 Å². The highest BCUT2D eigenvalue weighted by atomic mass is 16.6. The van der Waals surface area contributed by atoms with E-state index in [2.05, 4.69) is 6.92 Å². The normalized spacial score (nSPS) is 23.0. The van der Waals surface area contributed by atoms with Gasteiger partial charge in [-0.25, -0.2) is 4.79 Å². The summed E-state index contributed by atoms with van der Waals surface area (Å²) in [7, 11) is 1.73. The first-order chi connectivity index (χ1) is 12.0. The lowest BCUT2D eigenvalue weighted by molar-refractivity contribution is -0.00534. The number of unbranched alkanes of at least 4 members (excludes halogenated alkanes) is 1. The van der Waals surface area contributed by atoms with Crippen molar-refractivity contribution in [2.45, 2.75) is 38.2 Å². The number of hydrogen-bond acceptors (Lipinski definition) is 4. The third kappa shape index (κ3) is 3.72. The van der Waals surface area contributed by atoms with Crippen LogP contribution in [0.1, 0.15) is 43.0 Å². The van der Waals surface area contributed by atoms with Gasteiger partial charge >= 0.3 is 6.09 Å². The number of likely N-dealkylation sites (tertiary alicyclic amines) is 1. The zero-order chi connectivity index (χ0) is 17.9. The van der Waals surface area contributed by atoms with Crippen LogP contribution in [0.25, 0.3) is 0 Å². The summed E-state index contributed by atoms with van der Waals surface area (Å²) in [5.74, 6) is 0.567. The van der Waals surface area contributed by atoms with Crippen LogP contribution in [0.2, 0.25) is 0 Å². The number of hydrogen-bond donors (Lipinski definition) is 0. The maximum atomic E-state index is 13.0. The van der Waals surface area contributed by atoms with Crippen molar-refractivity contribution in [1.82, 2.24) is 9.80 Å². The Balaban J connectivity index is 1.74. The van der Waals surface area contributed by atoms with E-state index in [4.69, 9.17) is 9.47 Å². The molecule has 6 heteroatoms. The molecule has 1 aromatic carbocycles. The smallest absolute Gasteiger partial charge is 0.410 e. The van der Waals surface area contributed by atoms with Crippen LogP contribution in [0.15, 0.2) is 24.3 Å². The molecule has 6 nitrogen and oxygen atoms in total. The number of para-hydroxylation sites is 1. The number of carbonyl (C=O) groups is 2. The molecule has 0 aliphatic carbocycles. The van der Waals surface area contributed by atoms with Crippen molar-refractivity contribution in [3.8, 4) is 5.75 Å². The van der Waals surface area contributed by atoms with Gasteiger partial charge in [0.2, 0.25) is 0 Å². The van der Waals surface area contributed by atoms with Crippen molar-refractivity contribution < 1.29 is 19.1 Å². The van der Waals surface area contributed by atoms with Crippen LogP contribution in [0.3, 0.4) is 0 Å². The maximum Gasteiger partial charge on any atom is 0.410 e. The minimum absolute atomic E-state index is 0.0585. The highest BCUT2D eigenvalue weighted by Gasteiger charge is 2.47. The highest BCUT2D eigenvalue weighted by molar-refractivity contribution is 5.97. The van der Waals surface area contributed by atoms with Gasteiger partial charge in [0.1, 0.15) is 11.4 Å². The van der Waals surface area contributed by atoms with Gasteiger partial charge in [-0.05, 0) is 31.4 Å². The molecular weight excluding hydrogens is 320 g/mol. The van der Waals surface area contributed by atoms with Crippen LogP contribution >= 0.6 is 0 Å². The van der Waals surface area contributed by atoms with Crippen molar-refractivity contribution >= 4 is 12.0 Å². The number of piperidine rings is 1. The number of benzene rings is 1. The predicted molar refractivity (Wildman–Crippen MR) is 93.8 cm³/mol. The van der Waals surface area contributed by atoms with Crippen LogP contribution in [-0.2, 0) is 4.74 Å². The first kappa shape index (κ1) is 17.6. The molecule has 1 unspecified atom stereocenters. The second kappa shape index (κ2) is 7.33. The van der Waals surface area contributed by atoms with Crippen LogP contribution in [0.4, 0.5) is 4.79 Å². The van der Waals surface area contributed by atoms with E-state index in [1.165, 1.54) is 0 Å². The summed E-state index contributed by atoms with van der Waals surface area (Å²) in [6.07, 6.45) is 3.31. The quantitative estimate of drug-likeness (QED) is 0.769. The number of amides is 2. The Morgan fingerprint density at radius 1 is 1.32 bits per heavy atom. The lowest BCUT2D eigenvalue weighted by Crippen LogP contribution is -2.52. The molecule has 2 heterocycles. The molecule has 2 aliphatic rings. The van der Waals surface area contributed by atoms with Crippen molar-refractivity contribution in [3.63, 3.8) is 0 Å². The number of ether oxygens (including phenoxy) is 2. The fraction of sp³-hybridized carbons (Fsp3) is 0.579. The topological polar surface area (TPSA) is 59.1 Å². The minimum Gasteiger partial charge on any atom is -0.493 e. The lowest BCUT2D eigenvalue weighted by Gasteiger charge is -2.38. The Bertz CT molecular complexity index is 648. The third-order valence-corrected chi connectivity index (χ3v) is 4.84. The molecule has 0 saturated carbocycles. The van der Waals surface area contributed by atoms with E-state index in [1.807, 2.05) is 18.2 Å². The van der Waals surface area contributed by atoms with Crippen molar-refractivity contribution in [1.29, 1.82) is 0 Å². The van der Waals surface area contributed by atoms with Gasteiger partial charge in [0.15, 0.2) is 0 Å². The predicted octanol–water partition coefficient (Wildman–Crippen LogP) is 2.92. The molecule has 2 aliphatic heterocycles. The van der Waals surface area contributed by atoms with E-state index >= 15 is 0 Å². The van der Waals surface area contributed by atoms with Gasteiger partial charge in [0.25, 0.3) is 5.91 Å². The van der Waals surface area contributed by atoms with Crippen LogP contribution in [0.5, 0.6) is 5.75 Å². The zero-order valence-electron chi connectivity index (χ0n) is 15.0. The molecule has 2 saturated heterocycles. The van der Waals surface area contributed by atoms with Crippen LogP contribution in [0, 0.1) is 0 Å². The first-order valence-corrected chi connectivity index (χ1v) is 9.00. The molecule has 0 bridgehead atoms. The first-order valence-electron chi connectivity index (χ1n) is 9.00. The van der Waals surface area contributed by atoms with Crippen molar-refractivity contribution in [2.24, 2.45) is 0 Å². The van der Waals surface area contributed by atoms with Crippen molar-refractivity contribution in [2.75, 3.05) is 33.3 Å². The molecular formula is C19H26N2O4. The Hall–Kier alpha value is -2.24. The van der Waals surface area contributed by atoms with Gasteiger partial charge in [-0.1, -0.05) is 25.5 Å². The number of carbonyl (C=O) groups excluding carboxylic acids is 2. The molecule has 2 fully saturated rings. The molecule has 25 heavy (non-hydrogen) atoms. The van der Waals surface area contributed by atoms with Gasteiger partial charge in [0.05, 0.1) is 25.3 Å². The Labute approximate surface area is 148 Å². The summed E-state index contributed by atoms with van der Waals surface area (Å²) in [6, 6.07) is 7.37.